The van der Waals surface area contributed by atoms with Crippen molar-refractivity contribution in [3.63, 3.8) is 0 Å². The van der Waals surface area contributed by atoms with Gasteiger partial charge in [-0.05, 0) is 22.4 Å². The Morgan fingerprint density at radius 2 is 2.04 bits per heavy atom. The van der Waals surface area contributed by atoms with E-state index in [1.54, 1.807) is 28.0 Å². The van der Waals surface area contributed by atoms with Gasteiger partial charge in [-0.2, -0.15) is 11.3 Å². The van der Waals surface area contributed by atoms with Crippen molar-refractivity contribution in [2.75, 3.05) is 26.2 Å². The van der Waals surface area contributed by atoms with Crippen LogP contribution in [0.4, 0.5) is 0 Å². The van der Waals surface area contributed by atoms with Crippen molar-refractivity contribution in [1.29, 1.82) is 0 Å². The van der Waals surface area contributed by atoms with Crippen molar-refractivity contribution >= 4 is 33.5 Å². The Kier molecular flexibility index (Phi) is 4.65. The summed E-state index contributed by atoms with van der Waals surface area (Å²) in [7, 11) is 0. The molecule has 6 nitrogen and oxygen atoms in total. The molecule has 0 saturated carbocycles. The molecule has 130 valence electrons. The van der Waals surface area contributed by atoms with Crippen LogP contribution in [0.2, 0.25) is 0 Å². The van der Waals surface area contributed by atoms with E-state index in [9.17, 15) is 9.59 Å². The lowest BCUT2D eigenvalue weighted by molar-refractivity contribution is -0.132. The summed E-state index contributed by atoms with van der Waals surface area (Å²) in [6, 6.07) is 3.61. The average Bonchev–Trinajstić information content (AvgIpc) is 3.27. The maximum Gasteiger partial charge on any atom is 0.258 e. The molecule has 1 amide bonds. The number of hydrogen-bond acceptors (Lipinski definition) is 6. The van der Waals surface area contributed by atoms with Gasteiger partial charge in [0, 0.05) is 50.4 Å². The molecule has 1 fully saturated rings. The van der Waals surface area contributed by atoms with Gasteiger partial charge in [0.05, 0.1) is 12.1 Å². The van der Waals surface area contributed by atoms with Gasteiger partial charge in [-0.3, -0.25) is 18.9 Å². The molecule has 8 heteroatoms. The first-order valence-corrected chi connectivity index (χ1v) is 9.98. The molecule has 1 aliphatic rings. The fourth-order valence-corrected chi connectivity index (χ4v) is 4.44. The highest BCUT2D eigenvalue weighted by Gasteiger charge is 2.21. The minimum atomic E-state index is -0.0363. The number of nitrogens with zero attached hydrogens (tertiary/aromatic N) is 4. The Morgan fingerprint density at radius 1 is 1.20 bits per heavy atom. The number of carbonyl (C=O) groups excluding carboxylic acids is 1. The van der Waals surface area contributed by atoms with Crippen molar-refractivity contribution in [3.8, 4) is 0 Å². The van der Waals surface area contributed by atoms with E-state index >= 15 is 0 Å². The number of fused-ring (bicyclic) bond motifs is 1. The maximum atomic E-state index is 12.3. The summed E-state index contributed by atoms with van der Waals surface area (Å²) in [5.41, 5.74) is 1.85. The molecule has 3 aromatic rings. The van der Waals surface area contributed by atoms with Gasteiger partial charge in [0.2, 0.25) is 5.91 Å². The van der Waals surface area contributed by atoms with Crippen LogP contribution in [0.1, 0.15) is 11.3 Å². The van der Waals surface area contributed by atoms with Gasteiger partial charge in [0.1, 0.15) is 0 Å². The molecule has 0 unspecified atom stereocenters. The van der Waals surface area contributed by atoms with Gasteiger partial charge in [0.25, 0.3) is 5.56 Å². The molecule has 4 rings (SSSR count). The smallest absolute Gasteiger partial charge is 0.258 e. The molecule has 3 aromatic heterocycles. The lowest BCUT2D eigenvalue weighted by Crippen LogP contribution is -2.48. The fraction of sp³-hybridized carbons (Fsp3) is 0.353. The normalized spacial score (nSPS) is 15.8. The Bertz CT molecular complexity index is 924. The van der Waals surface area contributed by atoms with Gasteiger partial charge < -0.3 is 4.90 Å². The van der Waals surface area contributed by atoms with E-state index in [4.69, 9.17) is 0 Å². The zero-order valence-corrected chi connectivity index (χ0v) is 15.3. The molecule has 0 N–H and O–H groups in total. The second-order valence-electron chi connectivity index (χ2n) is 6.11. The minimum absolute atomic E-state index is 0.0363. The second kappa shape index (κ2) is 7.07. The third kappa shape index (κ3) is 3.65. The lowest BCUT2D eigenvalue weighted by Gasteiger charge is -2.34. The lowest BCUT2D eigenvalue weighted by atomic mass is 10.2. The van der Waals surface area contributed by atoms with Gasteiger partial charge >= 0.3 is 0 Å². The number of carbonyl (C=O) groups is 1. The molecule has 0 atom stereocenters. The van der Waals surface area contributed by atoms with Gasteiger partial charge in [-0.15, -0.1) is 11.3 Å². The number of thiophene rings is 1. The predicted molar refractivity (Wildman–Crippen MR) is 99.2 cm³/mol. The van der Waals surface area contributed by atoms with Crippen LogP contribution in [0, 0.1) is 0 Å². The van der Waals surface area contributed by atoms with E-state index in [0.717, 1.165) is 42.4 Å². The Labute approximate surface area is 153 Å². The summed E-state index contributed by atoms with van der Waals surface area (Å²) in [6.45, 7) is 3.71. The molecule has 4 heterocycles. The molecule has 1 aliphatic heterocycles. The van der Waals surface area contributed by atoms with Crippen molar-refractivity contribution in [2.24, 2.45) is 0 Å². The van der Waals surface area contributed by atoms with Crippen LogP contribution in [-0.2, 0) is 17.8 Å². The summed E-state index contributed by atoms with van der Waals surface area (Å²) in [4.78, 5) is 33.9. The van der Waals surface area contributed by atoms with Crippen LogP contribution < -0.4 is 5.56 Å². The zero-order chi connectivity index (χ0) is 17.2. The third-order valence-corrected chi connectivity index (χ3v) is 5.89. The van der Waals surface area contributed by atoms with E-state index in [1.165, 1.54) is 11.3 Å². The molecule has 0 bridgehead atoms. The predicted octanol–water partition coefficient (Wildman–Crippen LogP) is 1.70. The molecule has 0 radical (unpaired) electrons. The van der Waals surface area contributed by atoms with Gasteiger partial charge in [-0.25, -0.2) is 4.98 Å². The molecule has 1 saturated heterocycles. The van der Waals surface area contributed by atoms with Gasteiger partial charge in [-0.1, -0.05) is 0 Å². The highest BCUT2D eigenvalue weighted by molar-refractivity contribution is 7.15. The highest BCUT2D eigenvalue weighted by atomic mass is 32.1. The number of thiazole rings is 1. The molecule has 25 heavy (non-hydrogen) atoms. The molecular formula is C17H18N4O2S2. The molecule has 0 aliphatic carbocycles. The second-order valence-corrected chi connectivity index (χ2v) is 7.76. The van der Waals surface area contributed by atoms with Crippen molar-refractivity contribution < 1.29 is 4.79 Å². The Morgan fingerprint density at radius 3 is 2.80 bits per heavy atom. The number of piperazine rings is 1. The molecule has 0 aromatic carbocycles. The zero-order valence-electron chi connectivity index (χ0n) is 13.6. The molecule has 0 spiro atoms. The van der Waals surface area contributed by atoms with E-state index < -0.39 is 0 Å². The largest absolute Gasteiger partial charge is 0.340 e. The monoisotopic (exact) mass is 374 g/mol. The summed E-state index contributed by atoms with van der Waals surface area (Å²) in [6.07, 6.45) is 2.23. The summed E-state index contributed by atoms with van der Waals surface area (Å²) >= 11 is 3.08. The standard InChI is InChI=1S/C17H18N4O2S2/c22-15(9-13-1-7-24-12-13)20-4-2-19(3-5-20)11-14-10-16(23)21-6-8-25-17(21)18-14/h1,6-8,10,12H,2-5,9,11H2. The SMILES string of the molecule is O=C(Cc1ccsc1)N1CCN(Cc2cc(=O)n3ccsc3n2)CC1. The first-order valence-electron chi connectivity index (χ1n) is 8.16. The van der Waals surface area contributed by atoms with Crippen LogP contribution in [-0.4, -0.2) is 51.3 Å². The minimum Gasteiger partial charge on any atom is -0.340 e. The van der Waals surface area contributed by atoms with Crippen LogP contribution in [0.3, 0.4) is 0 Å². The van der Waals surface area contributed by atoms with E-state index in [1.807, 2.05) is 27.1 Å². The Balaban J connectivity index is 1.35. The number of amides is 1. The third-order valence-electron chi connectivity index (χ3n) is 4.40. The van der Waals surface area contributed by atoms with Crippen molar-refractivity contribution in [2.45, 2.75) is 13.0 Å². The summed E-state index contributed by atoms with van der Waals surface area (Å²) in [5, 5.41) is 5.89. The highest BCUT2D eigenvalue weighted by Crippen LogP contribution is 2.12. The topological polar surface area (TPSA) is 57.9 Å². The summed E-state index contributed by atoms with van der Waals surface area (Å²) in [5.74, 6) is 0.189. The Hall–Kier alpha value is -2.03. The van der Waals surface area contributed by atoms with Crippen molar-refractivity contribution in [1.82, 2.24) is 19.2 Å². The number of rotatable bonds is 4. The average molecular weight is 374 g/mol. The van der Waals surface area contributed by atoms with Crippen LogP contribution in [0.15, 0.2) is 39.3 Å². The van der Waals surface area contributed by atoms with E-state index in [2.05, 4.69) is 9.88 Å². The first kappa shape index (κ1) is 16.4. The van der Waals surface area contributed by atoms with Crippen LogP contribution in [0.25, 0.3) is 4.96 Å². The van der Waals surface area contributed by atoms with Crippen LogP contribution in [0.5, 0.6) is 0 Å². The maximum absolute atomic E-state index is 12.3. The first-order chi connectivity index (χ1) is 12.2. The summed E-state index contributed by atoms with van der Waals surface area (Å²) < 4.78 is 1.56. The fourth-order valence-electron chi connectivity index (χ4n) is 3.03. The van der Waals surface area contributed by atoms with E-state index in [0.29, 0.717) is 13.0 Å². The quantitative estimate of drug-likeness (QED) is 0.698. The van der Waals surface area contributed by atoms with Crippen molar-refractivity contribution in [3.05, 3.63) is 56.1 Å². The van der Waals surface area contributed by atoms with E-state index in [-0.39, 0.29) is 11.5 Å². The number of aromatic nitrogens is 2. The van der Waals surface area contributed by atoms with Gasteiger partial charge in [0.15, 0.2) is 4.96 Å². The van der Waals surface area contributed by atoms with Crippen LogP contribution >= 0.6 is 22.7 Å². The number of hydrogen-bond donors (Lipinski definition) is 0. The molecular weight excluding hydrogens is 356 g/mol.